The summed E-state index contributed by atoms with van der Waals surface area (Å²) in [6, 6.07) is 16.3. The highest BCUT2D eigenvalue weighted by atomic mass is 32.2. The van der Waals surface area contributed by atoms with E-state index in [0.29, 0.717) is 10.5 Å². The van der Waals surface area contributed by atoms with Crippen LogP contribution in [0.4, 0.5) is 0 Å². The van der Waals surface area contributed by atoms with E-state index in [-0.39, 0.29) is 36.3 Å². The Balaban J connectivity index is 1.88. The molecule has 0 saturated carbocycles. The summed E-state index contributed by atoms with van der Waals surface area (Å²) in [5, 5.41) is 5.61. The van der Waals surface area contributed by atoms with Gasteiger partial charge in [0.15, 0.2) is 6.61 Å². The molecule has 6 nitrogen and oxygen atoms in total. The van der Waals surface area contributed by atoms with Gasteiger partial charge in [0.1, 0.15) is 0 Å². The minimum absolute atomic E-state index is 0.0556. The summed E-state index contributed by atoms with van der Waals surface area (Å²) in [4.78, 5) is 37.0. The molecule has 2 N–H and O–H groups in total. The van der Waals surface area contributed by atoms with Gasteiger partial charge in [0.05, 0.1) is 17.4 Å². The molecule has 154 valence electrons. The van der Waals surface area contributed by atoms with E-state index < -0.39 is 5.97 Å². The Morgan fingerprint density at radius 3 is 2.24 bits per heavy atom. The summed E-state index contributed by atoms with van der Waals surface area (Å²) in [5.74, 6) is -0.893. The van der Waals surface area contributed by atoms with Crippen LogP contribution >= 0.6 is 11.8 Å². The number of thioether (sulfide) groups is 1. The minimum Gasteiger partial charge on any atom is -0.452 e. The lowest BCUT2D eigenvalue weighted by Gasteiger charge is -2.14. The Labute approximate surface area is 175 Å². The molecule has 0 heterocycles. The Hall–Kier alpha value is -2.80. The molecule has 0 bridgehead atoms. The van der Waals surface area contributed by atoms with Gasteiger partial charge in [0.2, 0.25) is 5.91 Å². The van der Waals surface area contributed by atoms with Crippen LogP contribution in [0.1, 0.15) is 42.7 Å². The average Bonchev–Trinajstić information content (AvgIpc) is 2.71. The van der Waals surface area contributed by atoms with Crippen molar-refractivity contribution >= 4 is 29.5 Å². The van der Waals surface area contributed by atoms with Crippen molar-refractivity contribution in [2.45, 2.75) is 37.8 Å². The molecule has 0 aromatic heterocycles. The Bertz CT molecular complexity index is 840. The molecule has 0 aliphatic carbocycles. The second kappa shape index (κ2) is 11.3. The molecule has 2 rings (SSSR count). The molecule has 2 amide bonds. The van der Waals surface area contributed by atoms with Crippen molar-refractivity contribution in [1.82, 2.24) is 10.6 Å². The molecule has 2 aromatic rings. The Morgan fingerprint density at radius 1 is 0.897 bits per heavy atom. The first kappa shape index (κ1) is 22.5. The molecule has 0 aliphatic heterocycles. The summed E-state index contributed by atoms with van der Waals surface area (Å²) in [5.41, 5.74) is 1.30. The third-order valence-corrected chi connectivity index (χ3v) is 5.00. The number of hydrogen-bond donors (Lipinski definition) is 2. The molecule has 0 saturated heterocycles. The third kappa shape index (κ3) is 7.62. The van der Waals surface area contributed by atoms with Crippen LogP contribution in [0, 0.1) is 0 Å². The largest absolute Gasteiger partial charge is 0.452 e. The second-order valence-corrected chi connectivity index (χ2v) is 7.80. The van der Waals surface area contributed by atoms with Crippen molar-refractivity contribution in [3.63, 3.8) is 0 Å². The molecule has 0 unspecified atom stereocenters. The fourth-order valence-electron chi connectivity index (χ4n) is 2.59. The van der Waals surface area contributed by atoms with Crippen molar-refractivity contribution in [1.29, 1.82) is 0 Å². The topological polar surface area (TPSA) is 84.5 Å². The average molecular weight is 415 g/mol. The van der Waals surface area contributed by atoms with Crippen LogP contribution in [-0.2, 0) is 14.3 Å². The van der Waals surface area contributed by atoms with Crippen molar-refractivity contribution in [2.75, 3.05) is 12.4 Å². The summed E-state index contributed by atoms with van der Waals surface area (Å²) in [6.45, 7) is 5.27. The van der Waals surface area contributed by atoms with Crippen LogP contribution in [0.3, 0.4) is 0 Å². The van der Waals surface area contributed by atoms with E-state index in [4.69, 9.17) is 4.74 Å². The lowest BCUT2D eigenvalue weighted by atomic mass is 10.1. The number of ether oxygens (including phenoxy) is 1. The fourth-order valence-corrected chi connectivity index (χ4v) is 3.44. The van der Waals surface area contributed by atoms with Crippen molar-refractivity contribution < 1.29 is 19.1 Å². The van der Waals surface area contributed by atoms with Gasteiger partial charge in [-0.3, -0.25) is 9.59 Å². The number of rotatable bonds is 9. The van der Waals surface area contributed by atoms with Crippen molar-refractivity contribution in [3.8, 4) is 0 Å². The van der Waals surface area contributed by atoms with E-state index >= 15 is 0 Å². The molecule has 0 spiro atoms. The molecule has 2 aromatic carbocycles. The quantitative estimate of drug-likeness (QED) is 0.486. The van der Waals surface area contributed by atoms with Crippen LogP contribution in [0.2, 0.25) is 0 Å². The van der Waals surface area contributed by atoms with Crippen LogP contribution in [-0.4, -0.2) is 36.2 Å². The highest BCUT2D eigenvalue weighted by molar-refractivity contribution is 8.00. The van der Waals surface area contributed by atoms with Gasteiger partial charge in [-0.2, -0.15) is 0 Å². The molecule has 1 atom stereocenters. The molecular formula is C22H26N2O4S. The van der Waals surface area contributed by atoms with Gasteiger partial charge in [-0.25, -0.2) is 4.79 Å². The monoisotopic (exact) mass is 414 g/mol. The zero-order valence-corrected chi connectivity index (χ0v) is 17.6. The first-order valence-electron chi connectivity index (χ1n) is 9.39. The number of benzene rings is 2. The number of nitrogens with one attached hydrogen (secondary N) is 2. The summed E-state index contributed by atoms with van der Waals surface area (Å²) >= 11 is 1.25. The van der Waals surface area contributed by atoms with Crippen LogP contribution < -0.4 is 10.6 Å². The van der Waals surface area contributed by atoms with E-state index in [2.05, 4.69) is 10.6 Å². The first-order valence-corrected chi connectivity index (χ1v) is 10.4. The van der Waals surface area contributed by atoms with Gasteiger partial charge < -0.3 is 15.4 Å². The molecule has 0 radical (unpaired) electrons. The normalized spacial score (nSPS) is 11.6. The minimum atomic E-state index is -0.597. The van der Waals surface area contributed by atoms with Gasteiger partial charge in [0, 0.05) is 10.9 Å². The highest BCUT2D eigenvalue weighted by Gasteiger charge is 2.17. The number of amides is 2. The predicted molar refractivity (Wildman–Crippen MR) is 114 cm³/mol. The third-order valence-electron chi connectivity index (χ3n) is 3.93. The van der Waals surface area contributed by atoms with E-state index in [1.807, 2.05) is 51.1 Å². The van der Waals surface area contributed by atoms with Gasteiger partial charge >= 0.3 is 5.97 Å². The Morgan fingerprint density at radius 2 is 1.55 bits per heavy atom. The molecule has 0 aliphatic rings. The Kier molecular flexibility index (Phi) is 8.73. The highest BCUT2D eigenvalue weighted by Crippen LogP contribution is 2.23. The second-order valence-electron chi connectivity index (χ2n) is 6.78. The number of esters is 1. The van der Waals surface area contributed by atoms with E-state index in [1.54, 1.807) is 24.3 Å². The maximum absolute atomic E-state index is 12.4. The molecule has 7 heteroatoms. The zero-order valence-electron chi connectivity index (χ0n) is 16.8. The maximum Gasteiger partial charge on any atom is 0.339 e. The van der Waals surface area contributed by atoms with E-state index in [0.717, 1.165) is 5.56 Å². The lowest BCUT2D eigenvalue weighted by Crippen LogP contribution is -2.31. The predicted octanol–water partition coefficient (Wildman–Crippen LogP) is 3.34. The number of carbonyl (C=O) groups excluding carboxylic acids is 3. The van der Waals surface area contributed by atoms with Crippen LogP contribution in [0.5, 0.6) is 0 Å². The van der Waals surface area contributed by atoms with E-state index in [1.165, 1.54) is 11.8 Å². The number of hydrogen-bond acceptors (Lipinski definition) is 5. The van der Waals surface area contributed by atoms with Crippen LogP contribution in [0.25, 0.3) is 0 Å². The van der Waals surface area contributed by atoms with Crippen LogP contribution in [0.15, 0.2) is 59.5 Å². The van der Waals surface area contributed by atoms with E-state index in [9.17, 15) is 14.4 Å². The van der Waals surface area contributed by atoms with Gasteiger partial charge in [-0.05, 0) is 38.5 Å². The summed E-state index contributed by atoms with van der Waals surface area (Å²) in [6.07, 6.45) is 0. The SMILES string of the molecule is CC(C)NC(=O)CSc1ccccc1C(=O)OCC(=O)N[C@@H](C)c1ccccc1. The summed E-state index contributed by atoms with van der Waals surface area (Å²) in [7, 11) is 0. The molecular weight excluding hydrogens is 388 g/mol. The fraction of sp³-hybridized carbons (Fsp3) is 0.318. The van der Waals surface area contributed by atoms with Gasteiger partial charge in [0.25, 0.3) is 5.91 Å². The first-order chi connectivity index (χ1) is 13.9. The number of carbonyl (C=O) groups is 3. The smallest absolute Gasteiger partial charge is 0.339 e. The lowest BCUT2D eigenvalue weighted by molar-refractivity contribution is -0.125. The van der Waals surface area contributed by atoms with Gasteiger partial charge in [-0.15, -0.1) is 11.8 Å². The van der Waals surface area contributed by atoms with Crippen molar-refractivity contribution in [2.24, 2.45) is 0 Å². The zero-order chi connectivity index (χ0) is 21.2. The molecule has 0 fully saturated rings. The summed E-state index contributed by atoms with van der Waals surface area (Å²) < 4.78 is 5.17. The van der Waals surface area contributed by atoms with Gasteiger partial charge in [-0.1, -0.05) is 42.5 Å². The standard InChI is InChI=1S/C22H26N2O4S/c1-15(2)23-21(26)14-29-19-12-8-7-11-18(19)22(27)28-13-20(25)24-16(3)17-9-5-4-6-10-17/h4-12,15-16H,13-14H2,1-3H3,(H,23,26)(H,24,25)/t16-/m0/s1. The maximum atomic E-state index is 12.4. The molecule has 29 heavy (non-hydrogen) atoms. The van der Waals surface area contributed by atoms with Crippen molar-refractivity contribution in [3.05, 3.63) is 65.7 Å².